The predicted octanol–water partition coefficient (Wildman–Crippen LogP) is 0.719. The fraction of sp³-hybridized carbons (Fsp3) is 0.875. The SMILES string of the molecule is CCOC(C)(CC)C(=O)CN. The van der Waals surface area contributed by atoms with Gasteiger partial charge in [0, 0.05) is 6.61 Å². The molecule has 0 aliphatic rings. The van der Waals surface area contributed by atoms with Gasteiger partial charge in [0.15, 0.2) is 5.78 Å². The van der Waals surface area contributed by atoms with Crippen LogP contribution in [-0.2, 0) is 9.53 Å². The Bertz CT molecular complexity index is 136. The van der Waals surface area contributed by atoms with Gasteiger partial charge in [-0.3, -0.25) is 4.79 Å². The lowest BCUT2D eigenvalue weighted by Crippen LogP contribution is -2.41. The summed E-state index contributed by atoms with van der Waals surface area (Å²) in [4.78, 5) is 11.2. The Morgan fingerprint density at radius 3 is 2.36 bits per heavy atom. The van der Waals surface area contributed by atoms with Crippen molar-refractivity contribution in [3.05, 3.63) is 0 Å². The molecule has 0 fully saturated rings. The monoisotopic (exact) mass is 159 g/mol. The first-order valence-electron chi connectivity index (χ1n) is 3.98. The molecule has 0 amide bonds. The zero-order chi connectivity index (χ0) is 8.91. The molecule has 0 aliphatic carbocycles. The fourth-order valence-corrected chi connectivity index (χ4v) is 0.914. The third-order valence-electron chi connectivity index (χ3n) is 1.91. The molecule has 11 heavy (non-hydrogen) atoms. The van der Waals surface area contributed by atoms with E-state index in [-0.39, 0.29) is 12.3 Å². The van der Waals surface area contributed by atoms with E-state index in [0.717, 1.165) is 0 Å². The maximum Gasteiger partial charge on any atom is 0.177 e. The van der Waals surface area contributed by atoms with E-state index in [1.165, 1.54) is 0 Å². The molecule has 3 heteroatoms. The summed E-state index contributed by atoms with van der Waals surface area (Å²) < 4.78 is 5.30. The maximum atomic E-state index is 11.2. The number of ketones is 1. The van der Waals surface area contributed by atoms with Crippen molar-refractivity contribution in [2.75, 3.05) is 13.2 Å². The van der Waals surface area contributed by atoms with Gasteiger partial charge < -0.3 is 10.5 Å². The van der Waals surface area contributed by atoms with Crippen LogP contribution in [0.4, 0.5) is 0 Å². The second kappa shape index (κ2) is 4.46. The molecule has 1 unspecified atom stereocenters. The molecule has 0 saturated heterocycles. The molecule has 0 aromatic heterocycles. The van der Waals surface area contributed by atoms with E-state index in [1.54, 1.807) is 6.92 Å². The van der Waals surface area contributed by atoms with E-state index in [1.807, 2.05) is 13.8 Å². The Morgan fingerprint density at radius 2 is 2.09 bits per heavy atom. The van der Waals surface area contributed by atoms with Gasteiger partial charge in [-0.1, -0.05) is 6.92 Å². The van der Waals surface area contributed by atoms with Gasteiger partial charge in [-0.25, -0.2) is 0 Å². The van der Waals surface area contributed by atoms with E-state index in [2.05, 4.69) is 0 Å². The first-order valence-corrected chi connectivity index (χ1v) is 3.98. The van der Waals surface area contributed by atoms with Crippen molar-refractivity contribution in [3.63, 3.8) is 0 Å². The third kappa shape index (κ3) is 2.60. The van der Waals surface area contributed by atoms with Gasteiger partial charge in [0.05, 0.1) is 6.54 Å². The predicted molar refractivity (Wildman–Crippen MR) is 44.4 cm³/mol. The molecule has 0 heterocycles. The summed E-state index contributed by atoms with van der Waals surface area (Å²) in [6.07, 6.45) is 0.677. The van der Waals surface area contributed by atoms with E-state index in [9.17, 15) is 4.79 Å². The number of ether oxygens (including phenoxy) is 1. The Morgan fingerprint density at radius 1 is 1.55 bits per heavy atom. The summed E-state index contributed by atoms with van der Waals surface area (Å²) >= 11 is 0. The highest BCUT2D eigenvalue weighted by Gasteiger charge is 2.29. The molecular formula is C8H17NO2. The van der Waals surface area contributed by atoms with Crippen LogP contribution in [-0.4, -0.2) is 24.5 Å². The van der Waals surface area contributed by atoms with Crippen LogP contribution in [0.5, 0.6) is 0 Å². The topological polar surface area (TPSA) is 52.3 Å². The van der Waals surface area contributed by atoms with Crippen LogP contribution in [0.3, 0.4) is 0 Å². The first kappa shape index (κ1) is 10.6. The molecule has 0 rings (SSSR count). The standard InChI is InChI=1S/C8H17NO2/c1-4-8(3,11-5-2)7(10)6-9/h4-6,9H2,1-3H3. The Labute approximate surface area is 67.9 Å². The lowest BCUT2D eigenvalue weighted by Gasteiger charge is -2.25. The molecule has 0 saturated carbocycles. The van der Waals surface area contributed by atoms with Crippen LogP contribution in [0.1, 0.15) is 27.2 Å². The quantitative estimate of drug-likeness (QED) is 0.643. The van der Waals surface area contributed by atoms with Crippen molar-refractivity contribution < 1.29 is 9.53 Å². The average Bonchev–Trinajstić information content (AvgIpc) is 2.03. The van der Waals surface area contributed by atoms with Crippen molar-refractivity contribution in [2.24, 2.45) is 5.73 Å². The molecule has 3 nitrogen and oxygen atoms in total. The van der Waals surface area contributed by atoms with Crippen molar-refractivity contribution in [1.82, 2.24) is 0 Å². The van der Waals surface area contributed by atoms with Crippen LogP contribution in [0.2, 0.25) is 0 Å². The van der Waals surface area contributed by atoms with Crippen LogP contribution in [0.25, 0.3) is 0 Å². The zero-order valence-electron chi connectivity index (χ0n) is 7.52. The molecule has 0 aromatic rings. The van der Waals surface area contributed by atoms with Crippen LogP contribution < -0.4 is 5.73 Å². The number of hydrogen-bond donors (Lipinski definition) is 1. The molecule has 0 spiro atoms. The van der Waals surface area contributed by atoms with Crippen molar-refractivity contribution in [3.8, 4) is 0 Å². The number of carbonyl (C=O) groups is 1. The van der Waals surface area contributed by atoms with Gasteiger partial charge in [-0.05, 0) is 20.3 Å². The molecule has 0 aromatic carbocycles. The van der Waals surface area contributed by atoms with Crippen molar-refractivity contribution in [2.45, 2.75) is 32.8 Å². The summed E-state index contributed by atoms with van der Waals surface area (Å²) in [5, 5.41) is 0. The smallest absolute Gasteiger partial charge is 0.177 e. The molecule has 66 valence electrons. The van der Waals surface area contributed by atoms with Crippen LogP contribution in [0.15, 0.2) is 0 Å². The maximum absolute atomic E-state index is 11.2. The number of nitrogens with two attached hydrogens (primary N) is 1. The average molecular weight is 159 g/mol. The minimum Gasteiger partial charge on any atom is -0.368 e. The summed E-state index contributed by atoms with van der Waals surface area (Å²) in [7, 11) is 0. The van der Waals surface area contributed by atoms with E-state index in [4.69, 9.17) is 10.5 Å². The van der Waals surface area contributed by atoms with Gasteiger partial charge in [-0.2, -0.15) is 0 Å². The second-order valence-electron chi connectivity index (χ2n) is 2.64. The zero-order valence-corrected chi connectivity index (χ0v) is 7.52. The number of Topliss-reactive ketones (excluding diaryl/α,β-unsaturated/α-hetero) is 1. The summed E-state index contributed by atoms with van der Waals surface area (Å²) in [5.41, 5.74) is 4.57. The molecule has 0 aliphatic heterocycles. The van der Waals surface area contributed by atoms with E-state index >= 15 is 0 Å². The van der Waals surface area contributed by atoms with E-state index < -0.39 is 5.60 Å². The van der Waals surface area contributed by atoms with Crippen LogP contribution >= 0.6 is 0 Å². The lowest BCUT2D eigenvalue weighted by atomic mass is 9.97. The molecule has 0 radical (unpaired) electrons. The highest BCUT2D eigenvalue weighted by Crippen LogP contribution is 2.15. The Kier molecular flexibility index (Phi) is 4.30. The highest BCUT2D eigenvalue weighted by molar-refractivity contribution is 5.88. The Hall–Kier alpha value is -0.410. The summed E-state index contributed by atoms with van der Waals surface area (Å²) in [5.74, 6) is -0.0261. The third-order valence-corrected chi connectivity index (χ3v) is 1.91. The largest absolute Gasteiger partial charge is 0.368 e. The normalized spacial score (nSPS) is 16.0. The molecule has 1 atom stereocenters. The number of rotatable bonds is 5. The van der Waals surface area contributed by atoms with Gasteiger partial charge in [0.2, 0.25) is 0 Å². The fourth-order valence-electron chi connectivity index (χ4n) is 0.914. The van der Waals surface area contributed by atoms with Gasteiger partial charge >= 0.3 is 0 Å². The van der Waals surface area contributed by atoms with Crippen LogP contribution in [0, 0.1) is 0 Å². The van der Waals surface area contributed by atoms with Crippen molar-refractivity contribution >= 4 is 5.78 Å². The number of carbonyl (C=O) groups excluding carboxylic acids is 1. The Balaban J connectivity index is 4.19. The summed E-state index contributed by atoms with van der Waals surface area (Å²) in [6.45, 7) is 6.19. The number of hydrogen-bond acceptors (Lipinski definition) is 3. The first-order chi connectivity index (χ1) is 5.10. The highest BCUT2D eigenvalue weighted by atomic mass is 16.5. The minimum atomic E-state index is -0.663. The molecule has 0 bridgehead atoms. The van der Waals surface area contributed by atoms with Gasteiger partial charge in [0.25, 0.3) is 0 Å². The lowest BCUT2D eigenvalue weighted by molar-refractivity contribution is -0.140. The second-order valence-corrected chi connectivity index (χ2v) is 2.64. The van der Waals surface area contributed by atoms with E-state index in [0.29, 0.717) is 13.0 Å². The molecule has 2 N–H and O–H groups in total. The van der Waals surface area contributed by atoms with Gasteiger partial charge in [0.1, 0.15) is 5.60 Å². The van der Waals surface area contributed by atoms with Gasteiger partial charge in [-0.15, -0.1) is 0 Å². The van der Waals surface area contributed by atoms with Crippen molar-refractivity contribution in [1.29, 1.82) is 0 Å². The minimum absolute atomic E-state index is 0.0261. The summed E-state index contributed by atoms with van der Waals surface area (Å²) in [6, 6.07) is 0. The molecular weight excluding hydrogens is 142 g/mol.